The minimum absolute atomic E-state index is 0.193. The molecule has 0 N–H and O–H groups in total. The first-order valence-electron chi connectivity index (χ1n) is 11.6. The van der Waals surface area contributed by atoms with Crippen molar-refractivity contribution in [3.8, 4) is 5.75 Å². The average Bonchev–Trinajstić information content (AvgIpc) is 3.45. The normalized spacial score (nSPS) is 23.9. The summed E-state index contributed by atoms with van der Waals surface area (Å²) in [6.45, 7) is 2.35. The highest BCUT2D eigenvalue weighted by molar-refractivity contribution is 6.37. The van der Waals surface area contributed by atoms with Crippen molar-refractivity contribution in [2.45, 2.75) is 18.6 Å². The maximum absolute atomic E-state index is 13.9. The molecule has 1 spiro atoms. The van der Waals surface area contributed by atoms with Gasteiger partial charge in [0, 0.05) is 16.1 Å². The van der Waals surface area contributed by atoms with Crippen LogP contribution in [0, 0.1) is 11.8 Å². The number of hydrogen-bond donors (Lipinski definition) is 0. The topological polar surface area (TPSA) is 90.0 Å². The summed E-state index contributed by atoms with van der Waals surface area (Å²) >= 11 is 6.01. The number of hydrogen-bond acceptors (Lipinski definition) is 6. The van der Waals surface area contributed by atoms with Crippen molar-refractivity contribution in [3.05, 3.63) is 94.5 Å². The number of ether oxygens (including phenoxy) is 2. The molecule has 0 radical (unpaired) electrons. The molecule has 8 heteroatoms. The number of benzene rings is 3. The second-order valence-corrected chi connectivity index (χ2v) is 9.41. The van der Waals surface area contributed by atoms with Crippen LogP contribution in [0.2, 0.25) is 5.02 Å². The molecule has 6 rings (SSSR count). The Labute approximate surface area is 211 Å². The number of imide groups is 1. The van der Waals surface area contributed by atoms with Gasteiger partial charge in [-0.15, -0.1) is 0 Å². The fourth-order valence-corrected chi connectivity index (χ4v) is 5.71. The molecule has 2 saturated heterocycles. The van der Waals surface area contributed by atoms with Gasteiger partial charge in [0.2, 0.25) is 29.0 Å². The number of anilines is 1. The molecule has 0 unspecified atom stereocenters. The van der Waals surface area contributed by atoms with Crippen LogP contribution in [-0.2, 0) is 14.3 Å². The van der Waals surface area contributed by atoms with Crippen LogP contribution in [-0.4, -0.2) is 35.6 Å². The van der Waals surface area contributed by atoms with E-state index in [2.05, 4.69) is 0 Å². The van der Waals surface area contributed by atoms with Crippen LogP contribution < -0.4 is 9.64 Å². The molecule has 2 amide bonds. The Morgan fingerprint density at radius 1 is 0.861 bits per heavy atom. The SMILES string of the molecule is CCOc1ccc([C@@H]2OC3(C(=O)c4ccccc4C3=O)[C@H]3C(=O)N(c4ccc(Cl)cc4)C(=O)[C@H]23)cc1. The molecule has 0 aromatic heterocycles. The van der Waals surface area contributed by atoms with E-state index in [0.29, 0.717) is 28.6 Å². The quantitative estimate of drug-likeness (QED) is 0.388. The van der Waals surface area contributed by atoms with Crippen LogP contribution in [0.4, 0.5) is 5.69 Å². The highest BCUT2D eigenvalue weighted by Gasteiger charge is 2.74. The summed E-state index contributed by atoms with van der Waals surface area (Å²) in [5.74, 6) is -4.09. The summed E-state index contributed by atoms with van der Waals surface area (Å²) in [4.78, 5) is 56.2. The third-order valence-electron chi connectivity index (χ3n) is 7.12. The molecule has 3 aromatic carbocycles. The molecule has 180 valence electrons. The maximum atomic E-state index is 13.9. The van der Waals surface area contributed by atoms with E-state index in [1.165, 1.54) is 0 Å². The third kappa shape index (κ3) is 2.96. The van der Waals surface area contributed by atoms with Crippen molar-refractivity contribution < 1.29 is 28.7 Å². The summed E-state index contributed by atoms with van der Waals surface area (Å²) in [6, 6.07) is 19.6. The lowest BCUT2D eigenvalue weighted by Crippen LogP contribution is -2.51. The number of fused-ring (bicyclic) bond motifs is 3. The summed E-state index contributed by atoms with van der Waals surface area (Å²) in [5.41, 5.74) is -0.829. The van der Waals surface area contributed by atoms with Gasteiger partial charge in [0.15, 0.2) is 0 Å². The Hall–Kier alpha value is -3.81. The van der Waals surface area contributed by atoms with Crippen LogP contribution in [0.5, 0.6) is 5.75 Å². The Bertz CT molecular complexity index is 1400. The van der Waals surface area contributed by atoms with E-state index >= 15 is 0 Å². The monoisotopic (exact) mass is 501 g/mol. The van der Waals surface area contributed by atoms with Crippen LogP contribution in [0.25, 0.3) is 0 Å². The van der Waals surface area contributed by atoms with E-state index in [1.54, 1.807) is 72.8 Å². The predicted octanol–water partition coefficient (Wildman–Crippen LogP) is 4.43. The second kappa shape index (κ2) is 8.11. The van der Waals surface area contributed by atoms with E-state index in [-0.39, 0.29) is 11.1 Å². The molecule has 1 aliphatic carbocycles. The standard InChI is InChI=1S/C28H20ClNO6/c1-2-35-18-13-7-15(8-14-18)23-21-22(27(34)30(26(21)33)17-11-9-16(29)10-12-17)28(36-23)24(31)19-5-3-4-6-20(19)25(28)32/h3-14,21-23H,2H2,1H3/t21-,22+,23-/m0/s1. The summed E-state index contributed by atoms with van der Waals surface area (Å²) in [5, 5.41) is 0.446. The zero-order valence-corrected chi connectivity index (χ0v) is 19.9. The van der Waals surface area contributed by atoms with Crippen LogP contribution in [0.1, 0.15) is 39.3 Å². The van der Waals surface area contributed by atoms with Crippen molar-refractivity contribution >= 4 is 40.7 Å². The van der Waals surface area contributed by atoms with Gasteiger partial charge in [-0.1, -0.05) is 48.0 Å². The smallest absolute Gasteiger partial charge is 0.241 e. The molecule has 3 aromatic rings. The molecule has 3 aliphatic rings. The molecule has 2 heterocycles. The number of rotatable bonds is 4. The van der Waals surface area contributed by atoms with Crippen molar-refractivity contribution in [3.63, 3.8) is 0 Å². The van der Waals surface area contributed by atoms with E-state index < -0.39 is 46.9 Å². The van der Waals surface area contributed by atoms with Gasteiger partial charge in [-0.2, -0.15) is 0 Å². The zero-order chi connectivity index (χ0) is 25.2. The fraction of sp³-hybridized carbons (Fsp3) is 0.214. The zero-order valence-electron chi connectivity index (χ0n) is 19.1. The van der Waals surface area contributed by atoms with Crippen LogP contribution in [0.3, 0.4) is 0 Å². The molecular weight excluding hydrogens is 482 g/mol. The highest BCUT2D eigenvalue weighted by Crippen LogP contribution is 2.57. The summed E-state index contributed by atoms with van der Waals surface area (Å²) in [7, 11) is 0. The molecule has 2 fully saturated rings. The molecule has 2 aliphatic heterocycles. The van der Waals surface area contributed by atoms with Crippen molar-refractivity contribution in [1.82, 2.24) is 0 Å². The number of carbonyl (C=O) groups is 4. The van der Waals surface area contributed by atoms with Crippen LogP contribution >= 0.6 is 11.6 Å². The van der Waals surface area contributed by atoms with E-state index in [0.717, 1.165) is 4.90 Å². The minimum atomic E-state index is -2.11. The van der Waals surface area contributed by atoms with E-state index in [4.69, 9.17) is 21.1 Å². The largest absolute Gasteiger partial charge is 0.494 e. The van der Waals surface area contributed by atoms with Gasteiger partial charge in [-0.05, 0) is 48.9 Å². The van der Waals surface area contributed by atoms with Gasteiger partial charge in [0.05, 0.1) is 30.2 Å². The lowest BCUT2D eigenvalue weighted by Gasteiger charge is -2.27. The lowest BCUT2D eigenvalue weighted by atomic mass is 9.77. The van der Waals surface area contributed by atoms with Gasteiger partial charge in [-0.25, -0.2) is 4.90 Å². The number of ketones is 2. The summed E-state index contributed by atoms with van der Waals surface area (Å²) < 4.78 is 11.8. The predicted molar refractivity (Wildman–Crippen MR) is 130 cm³/mol. The van der Waals surface area contributed by atoms with Gasteiger partial charge in [0.25, 0.3) is 0 Å². The van der Waals surface area contributed by atoms with Crippen molar-refractivity contribution in [2.75, 3.05) is 11.5 Å². The van der Waals surface area contributed by atoms with Gasteiger partial charge < -0.3 is 9.47 Å². The summed E-state index contributed by atoms with van der Waals surface area (Å²) in [6.07, 6.45) is -0.985. The Morgan fingerprint density at radius 2 is 1.47 bits per heavy atom. The minimum Gasteiger partial charge on any atom is -0.494 e. The highest BCUT2D eigenvalue weighted by atomic mass is 35.5. The molecule has 7 nitrogen and oxygen atoms in total. The fourth-order valence-electron chi connectivity index (χ4n) is 5.58. The average molecular weight is 502 g/mol. The Morgan fingerprint density at radius 3 is 2.06 bits per heavy atom. The first kappa shape index (κ1) is 22.6. The first-order chi connectivity index (χ1) is 17.4. The second-order valence-electron chi connectivity index (χ2n) is 8.97. The van der Waals surface area contributed by atoms with Crippen molar-refractivity contribution in [2.24, 2.45) is 11.8 Å². The number of Topliss-reactive ketones (excluding diaryl/α,β-unsaturated/α-hetero) is 2. The number of nitrogens with zero attached hydrogens (tertiary/aromatic N) is 1. The van der Waals surface area contributed by atoms with E-state index in [1.807, 2.05) is 6.92 Å². The lowest BCUT2D eigenvalue weighted by molar-refractivity contribution is -0.127. The van der Waals surface area contributed by atoms with Gasteiger partial charge in [0.1, 0.15) is 5.75 Å². The Kier molecular flexibility index (Phi) is 5.10. The molecule has 36 heavy (non-hydrogen) atoms. The number of halogens is 1. The third-order valence-corrected chi connectivity index (χ3v) is 7.38. The number of amides is 2. The molecule has 3 atom stereocenters. The Balaban J connectivity index is 1.50. The maximum Gasteiger partial charge on any atom is 0.241 e. The van der Waals surface area contributed by atoms with E-state index in [9.17, 15) is 19.2 Å². The van der Waals surface area contributed by atoms with Gasteiger partial charge >= 0.3 is 0 Å². The van der Waals surface area contributed by atoms with Crippen molar-refractivity contribution in [1.29, 1.82) is 0 Å². The molecule has 0 saturated carbocycles. The first-order valence-corrected chi connectivity index (χ1v) is 12.0. The number of carbonyl (C=O) groups excluding carboxylic acids is 4. The van der Waals surface area contributed by atoms with Crippen LogP contribution in [0.15, 0.2) is 72.8 Å². The molecule has 0 bridgehead atoms. The molecular formula is C28H20ClNO6. The van der Waals surface area contributed by atoms with Gasteiger partial charge in [-0.3, -0.25) is 19.2 Å².